The molecule has 3 heterocycles. The Hall–Kier alpha value is -3.34. The van der Waals surface area contributed by atoms with Crippen molar-refractivity contribution < 1.29 is 0 Å². The second kappa shape index (κ2) is 9.85. The van der Waals surface area contributed by atoms with Crippen LogP contribution in [0.1, 0.15) is 47.4 Å². The van der Waals surface area contributed by atoms with Crippen LogP contribution < -0.4 is 0 Å². The number of H-pyrrole nitrogens is 1. The van der Waals surface area contributed by atoms with E-state index in [2.05, 4.69) is 89.9 Å². The Balaban J connectivity index is 1.50. The summed E-state index contributed by atoms with van der Waals surface area (Å²) in [5.74, 6) is 0. The Labute approximate surface area is 223 Å². The Bertz CT molecular complexity index is 1570. The zero-order valence-corrected chi connectivity index (χ0v) is 22.6. The van der Waals surface area contributed by atoms with E-state index in [0.717, 1.165) is 49.4 Å². The summed E-state index contributed by atoms with van der Waals surface area (Å²) in [6, 6.07) is 21.8. The summed E-state index contributed by atoms with van der Waals surface area (Å²) < 4.78 is 2.27. The van der Waals surface area contributed by atoms with E-state index < -0.39 is 0 Å². The van der Waals surface area contributed by atoms with Crippen molar-refractivity contribution in [1.29, 1.82) is 0 Å². The minimum absolute atomic E-state index is 0.801. The second-order valence-electron chi connectivity index (χ2n) is 10.1. The van der Waals surface area contributed by atoms with Gasteiger partial charge in [-0.05, 0) is 72.4 Å². The summed E-state index contributed by atoms with van der Waals surface area (Å²) in [5.41, 5.74) is 12.7. The number of aromatic nitrogens is 3. The summed E-state index contributed by atoms with van der Waals surface area (Å²) in [7, 11) is 0. The first-order valence-electron chi connectivity index (χ1n) is 13.3. The molecule has 188 valence electrons. The zero-order valence-electron chi connectivity index (χ0n) is 21.8. The van der Waals surface area contributed by atoms with Crippen molar-refractivity contribution >= 4 is 22.5 Å². The van der Waals surface area contributed by atoms with Gasteiger partial charge in [0, 0.05) is 59.3 Å². The van der Waals surface area contributed by atoms with Gasteiger partial charge in [0.05, 0.1) is 17.1 Å². The maximum absolute atomic E-state index is 6.35. The van der Waals surface area contributed by atoms with Crippen LogP contribution in [0, 0.1) is 6.92 Å². The van der Waals surface area contributed by atoms with Crippen molar-refractivity contribution in [2.75, 3.05) is 6.54 Å². The molecule has 0 atom stereocenters. The molecular weight excluding hydrogens is 476 g/mol. The first-order chi connectivity index (χ1) is 18.1. The van der Waals surface area contributed by atoms with Gasteiger partial charge in [0.25, 0.3) is 0 Å². The van der Waals surface area contributed by atoms with Crippen LogP contribution in [-0.4, -0.2) is 26.2 Å². The normalized spacial score (nSPS) is 13.8. The topological polar surface area (TPSA) is 36.9 Å². The lowest BCUT2D eigenvalue weighted by molar-refractivity contribution is 0.244. The van der Waals surface area contributed by atoms with Crippen LogP contribution in [0.4, 0.5) is 0 Å². The van der Waals surface area contributed by atoms with Gasteiger partial charge >= 0.3 is 0 Å². The van der Waals surface area contributed by atoms with Gasteiger partial charge in [0.15, 0.2) is 0 Å². The fraction of sp³-hybridized carbons (Fsp3) is 0.281. The monoisotopic (exact) mass is 508 g/mol. The van der Waals surface area contributed by atoms with Crippen molar-refractivity contribution in [3.63, 3.8) is 0 Å². The number of fused-ring (bicyclic) bond motifs is 2. The molecule has 3 aromatic carbocycles. The van der Waals surface area contributed by atoms with Gasteiger partial charge in [-0.15, -0.1) is 0 Å². The predicted octanol–water partition coefficient (Wildman–Crippen LogP) is 7.67. The highest BCUT2D eigenvalue weighted by molar-refractivity contribution is 6.30. The van der Waals surface area contributed by atoms with E-state index in [-0.39, 0.29) is 0 Å². The number of halogens is 1. The van der Waals surface area contributed by atoms with E-state index in [9.17, 15) is 0 Å². The third-order valence-corrected chi connectivity index (χ3v) is 8.06. The third kappa shape index (κ3) is 4.39. The van der Waals surface area contributed by atoms with E-state index in [1.807, 2.05) is 12.3 Å². The number of hydrogen-bond donors (Lipinski definition) is 1. The Morgan fingerprint density at radius 2 is 1.76 bits per heavy atom. The van der Waals surface area contributed by atoms with Crippen molar-refractivity contribution in [1.82, 2.24) is 19.7 Å². The molecule has 4 nitrogen and oxygen atoms in total. The molecule has 1 N–H and O–H groups in total. The molecular formula is C32H33ClN4. The largest absolute Gasteiger partial charge is 0.361 e. The van der Waals surface area contributed by atoms with E-state index in [0.29, 0.717) is 0 Å². The molecule has 5 aromatic rings. The zero-order chi connectivity index (χ0) is 25.5. The summed E-state index contributed by atoms with van der Waals surface area (Å²) in [5, 5.41) is 7.34. The fourth-order valence-corrected chi connectivity index (χ4v) is 5.96. The van der Waals surface area contributed by atoms with Gasteiger partial charge in [-0.3, -0.25) is 4.90 Å². The maximum Gasteiger partial charge on any atom is 0.0789 e. The summed E-state index contributed by atoms with van der Waals surface area (Å²) in [6.07, 6.45) is 4.91. The van der Waals surface area contributed by atoms with Crippen LogP contribution in [0.5, 0.6) is 0 Å². The Morgan fingerprint density at radius 3 is 2.54 bits per heavy atom. The van der Waals surface area contributed by atoms with Crippen LogP contribution in [0.15, 0.2) is 66.9 Å². The lowest BCUT2D eigenvalue weighted by Crippen LogP contribution is -2.30. The van der Waals surface area contributed by atoms with E-state index >= 15 is 0 Å². The highest BCUT2D eigenvalue weighted by atomic mass is 35.5. The Kier molecular flexibility index (Phi) is 6.39. The smallest absolute Gasteiger partial charge is 0.0789 e. The van der Waals surface area contributed by atoms with Gasteiger partial charge in [0.1, 0.15) is 0 Å². The number of rotatable bonds is 6. The minimum atomic E-state index is 0.801. The number of hydrogen-bond acceptors (Lipinski definition) is 2. The van der Waals surface area contributed by atoms with Crippen LogP contribution in [0.3, 0.4) is 0 Å². The van der Waals surface area contributed by atoms with Gasteiger partial charge in [0.2, 0.25) is 0 Å². The van der Waals surface area contributed by atoms with Crippen LogP contribution in [0.25, 0.3) is 27.8 Å². The standard InChI is InChI=1S/C32H33ClN4/c1-4-22-7-6-8-23(5-2)31(22)37-32(25-10-12-29-24(17-25)13-15-34-29)28-20-36(16-14-30(28)35-37)19-26-18-27(33)11-9-21(26)3/h6-13,15,17-18,34H,4-5,14,16,19-20H2,1-3H3. The quantitative estimate of drug-likeness (QED) is 0.255. The number of aromatic amines is 1. The lowest BCUT2D eigenvalue weighted by atomic mass is 9.98. The average Bonchev–Trinajstić information content (AvgIpc) is 3.54. The molecule has 1 aliphatic heterocycles. The Morgan fingerprint density at radius 1 is 0.946 bits per heavy atom. The minimum Gasteiger partial charge on any atom is -0.361 e. The molecule has 0 spiro atoms. The molecule has 6 rings (SSSR count). The molecule has 0 amide bonds. The maximum atomic E-state index is 6.35. The second-order valence-corrected chi connectivity index (χ2v) is 10.6. The van der Waals surface area contributed by atoms with Crippen molar-refractivity contribution in [2.24, 2.45) is 0 Å². The molecule has 2 aromatic heterocycles. The van der Waals surface area contributed by atoms with Crippen LogP contribution in [-0.2, 0) is 32.4 Å². The summed E-state index contributed by atoms with van der Waals surface area (Å²) in [4.78, 5) is 5.88. The number of para-hydroxylation sites is 1. The van der Waals surface area contributed by atoms with Gasteiger partial charge in [-0.2, -0.15) is 5.10 Å². The van der Waals surface area contributed by atoms with Gasteiger partial charge in [-0.25, -0.2) is 4.68 Å². The molecule has 0 bridgehead atoms. The number of nitrogens with zero attached hydrogens (tertiary/aromatic N) is 3. The van der Waals surface area contributed by atoms with Gasteiger partial charge in [-0.1, -0.05) is 55.8 Å². The van der Waals surface area contributed by atoms with Crippen LogP contribution in [0.2, 0.25) is 5.02 Å². The summed E-state index contributed by atoms with van der Waals surface area (Å²) >= 11 is 6.35. The third-order valence-electron chi connectivity index (χ3n) is 7.82. The molecule has 0 saturated carbocycles. The first-order valence-corrected chi connectivity index (χ1v) is 13.7. The molecule has 0 saturated heterocycles. The van der Waals surface area contributed by atoms with E-state index in [1.165, 1.54) is 55.8 Å². The predicted molar refractivity (Wildman–Crippen MR) is 154 cm³/mol. The SMILES string of the molecule is CCc1cccc(CC)c1-n1nc2c(c1-c1ccc3[nH]ccc3c1)CN(Cc1cc(Cl)ccc1C)CC2. The average molecular weight is 509 g/mol. The molecule has 0 aliphatic carbocycles. The van der Waals surface area contributed by atoms with E-state index in [1.54, 1.807) is 0 Å². The number of benzene rings is 3. The fourth-order valence-electron chi connectivity index (χ4n) is 5.76. The molecule has 0 radical (unpaired) electrons. The molecule has 0 fully saturated rings. The van der Waals surface area contributed by atoms with Crippen molar-refractivity contribution in [3.05, 3.63) is 105 Å². The number of aryl methyl sites for hydroxylation is 3. The van der Waals surface area contributed by atoms with Crippen molar-refractivity contribution in [2.45, 2.75) is 53.1 Å². The first kappa shape index (κ1) is 24.0. The molecule has 1 aliphatic rings. The highest BCUT2D eigenvalue weighted by Crippen LogP contribution is 2.36. The molecule has 37 heavy (non-hydrogen) atoms. The van der Waals surface area contributed by atoms with E-state index in [4.69, 9.17) is 16.7 Å². The van der Waals surface area contributed by atoms with Crippen molar-refractivity contribution in [3.8, 4) is 16.9 Å². The number of nitrogens with one attached hydrogen (secondary N) is 1. The van der Waals surface area contributed by atoms with Crippen LogP contribution >= 0.6 is 11.6 Å². The van der Waals surface area contributed by atoms with Gasteiger partial charge < -0.3 is 4.98 Å². The molecule has 0 unspecified atom stereocenters. The highest BCUT2D eigenvalue weighted by Gasteiger charge is 2.28. The summed E-state index contributed by atoms with van der Waals surface area (Å²) in [6.45, 7) is 9.40. The molecule has 5 heteroatoms. The lowest BCUT2D eigenvalue weighted by Gasteiger charge is -2.27.